The summed E-state index contributed by atoms with van der Waals surface area (Å²) in [5.41, 5.74) is 5.26. The predicted octanol–water partition coefficient (Wildman–Crippen LogP) is 3.82. The average Bonchev–Trinajstić information content (AvgIpc) is 2.48. The van der Waals surface area contributed by atoms with Crippen molar-refractivity contribution in [2.45, 2.75) is 47.1 Å². The molecule has 0 spiro atoms. The van der Waals surface area contributed by atoms with E-state index in [4.69, 9.17) is 0 Å². The summed E-state index contributed by atoms with van der Waals surface area (Å²) in [4.78, 5) is 1.44. The van der Waals surface area contributed by atoms with Crippen molar-refractivity contribution in [1.29, 1.82) is 0 Å². The molecule has 2 rings (SSSR count). The lowest BCUT2D eigenvalue weighted by Crippen LogP contribution is -2.45. The molecule has 0 radical (unpaired) electrons. The summed E-state index contributed by atoms with van der Waals surface area (Å²) in [6.07, 6.45) is 3.76. The van der Waals surface area contributed by atoms with E-state index in [-0.39, 0.29) is 0 Å². The molecule has 0 saturated heterocycles. The zero-order valence-electron chi connectivity index (χ0n) is 10.9. The topological polar surface area (TPSA) is 3.88 Å². The van der Waals surface area contributed by atoms with Gasteiger partial charge in [-0.1, -0.05) is 31.3 Å². The minimum atomic E-state index is 0.584. The Hall–Kier alpha value is -0.630. The van der Waals surface area contributed by atoms with Crippen LogP contribution in [-0.2, 0) is 0 Å². The van der Waals surface area contributed by atoms with Gasteiger partial charge in [0, 0.05) is 12.8 Å². The maximum absolute atomic E-state index is 2.47. The van der Waals surface area contributed by atoms with Crippen molar-refractivity contribution >= 4 is 11.3 Å². The maximum Gasteiger partial charge on any atom is 0.225 e. The number of allylic oxidation sites excluding steroid dienone is 2. The van der Waals surface area contributed by atoms with Crippen LogP contribution in [0.15, 0.2) is 17.2 Å². The van der Waals surface area contributed by atoms with Crippen LogP contribution in [0.25, 0.3) is 0 Å². The number of aryl methyl sites for hydroxylation is 1. The highest BCUT2D eigenvalue weighted by atomic mass is 32.1. The minimum Gasteiger partial charge on any atom is -0.186 e. The fourth-order valence-corrected chi connectivity index (χ4v) is 3.87. The summed E-state index contributed by atoms with van der Waals surface area (Å²) < 4.78 is 2.47. The minimum absolute atomic E-state index is 0.584. The van der Waals surface area contributed by atoms with Crippen LogP contribution in [0.1, 0.15) is 43.8 Å². The quantitative estimate of drug-likeness (QED) is 0.515. The zero-order chi connectivity index (χ0) is 11.9. The van der Waals surface area contributed by atoms with E-state index in [1.54, 1.807) is 0 Å². The molecule has 1 aliphatic carbocycles. The van der Waals surface area contributed by atoms with Gasteiger partial charge in [-0.2, -0.15) is 4.57 Å². The van der Waals surface area contributed by atoms with Gasteiger partial charge in [0.2, 0.25) is 5.51 Å². The Kier molecular flexibility index (Phi) is 3.20. The van der Waals surface area contributed by atoms with Gasteiger partial charge >= 0.3 is 0 Å². The van der Waals surface area contributed by atoms with Gasteiger partial charge in [0.1, 0.15) is 0 Å². The average molecular weight is 236 g/mol. The summed E-state index contributed by atoms with van der Waals surface area (Å²) in [6, 6.07) is 0.584. The molecule has 1 nitrogen and oxygen atoms in total. The maximum atomic E-state index is 2.47. The molecule has 0 amide bonds. The first-order valence-electron chi connectivity index (χ1n) is 6.15. The lowest BCUT2D eigenvalue weighted by molar-refractivity contribution is -0.723. The van der Waals surface area contributed by atoms with Gasteiger partial charge < -0.3 is 0 Å². The lowest BCUT2D eigenvalue weighted by atomic mass is 9.80. The van der Waals surface area contributed by atoms with Gasteiger partial charge in [-0.25, -0.2) is 0 Å². The van der Waals surface area contributed by atoms with E-state index in [2.05, 4.69) is 50.8 Å². The summed E-state index contributed by atoms with van der Waals surface area (Å²) in [7, 11) is 0. The van der Waals surface area contributed by atoms with Crippen LogP contribution >= 0.6 is 11.3 Å². The molecule has 0 fully saturated rings. The summed E-state index contributed by atoms with van der Waals surface area (Å²) >= 11 is 1.87. The van der Waals surface area contributed by atoms with Crippen LogP contribution in [0.4, 0.5) is 0 Å². The van der Waals surface area contributed by atoms with E-state index in [0.29, 0.717) is 6.04 Å². The Balaban J connectivity index is 2.40. The fourth-order valence-electron chi connectivity index (χ4n) is 3.03. The number of rotatable bonds is 1. The van der Waals surface area contributed by atoms with Gasteiger partial charge in [-0.15, -0.1) is 0 Å². The standard InChI is InChI=1S/C14H22NS/c1-9-6-10(2)14(11(3)7-9)15-8-16-13(5)12(15)4/h6,8-9,11,14H,7H2,1-5H3/q+1/t9-,11-,14+/m1/s1. The fraction of sp³-hybridized carbons (Fsp3) is 0.643. The van der Waals surface area contributed by atoms with E-state index in [9.17, 15) is 0 Å². The third-order valence-corrected chi connectivity index (χ3v) is 4.82. The number of hydrogen-bond acceptors (Lipinski definition) is 1. The molecule has 0 bridgehead atoms. The van der Waals surface area contributed by atoms with Crippen molar-refractivity contribution in [3.05, 3.63) is 27.7 Å². The highest BCUT2D eigenvalue weighted by Crippen LogP contribution is 2.34. The molecule has 1 heterocycles. The predicted molar refractivity (Wildman–Crippen MR) is 69.7 cm³/mol. The first-order valence-corrected chi connectivity index (χ1v) is 7.02. The molecule has 0 N–H and O–H groups in total. The molecule has 0 aliphatic heterocycles. The van der Waals surface area contributed by atoms with Crippen LogP contribution in [0.3, 0.4) is 0 Å². The summed E-state index contributed by atoms with van der Waals surface area (Å²) in [6.45, 7) is 11.5. The molecule has 1 aliphatic rings. The molecule has 1 aromatic rings. The molecule has 0 unspecified atom stereocenters. The van der Waals surface area contributed by atoms with Crippen molar-refractivity contribution in [3.63, 3.8) is 0 Å². The largest absolute Gasteiger partial charge is 0.225 e. The monoisotopic (exact) mass is 236 g/mol. The molecule has 0 saturated carbocycles. The number of nitrogens with zero attached hydrogens (tertiary/aromatic N) is 1. The van der Waals surface area contributed by atoms with Crippen LogP contribution < -0.4 is 4.57 Å². The molecular weight excluding hydrogens is 214 g/mol. The van der Waals surface area contributed by atoms with Crippen LogP contribution in [-0.4, -0.2) is 0 Å². The SMILES string of the molecule is CC1=C[C@@H](C)C[C@@H](C)[C@H]1[n+]1csc(C)c1C. The molecule has 0 aromatic carbocycles. The molecule has 1 aromatic heterocycles. The molecule has 2 heteroatoms. The van der Waals surface area contributed by atoms with Crippen molar-refractivity contribution in [1.82, 2.24) is 0 Å². The number of hydrogen-bond donors (Lipinski definition) is 0. The van der Waals surface area contributed by atoms with Gasteiger partial charge in [0.05, 0.1) is 4.88 Å². The Morgan fingerprint density at radius 3 is 2.44 bits per heavy atom. The van der Waals surface area contributed by atoms with E-state index in [1.807, 2.05) is 11.3 Å². The van der Waals surface area contributed by atoms with Crippen LogP contribution in [0.5, 0.6) is 0 Å². The van der Waals surface area contributed by atoms with Crippen molar-refractivity contribution in [2.75, 3.05) is 0 Å². The third kappa shape index (κ3) is 1.95. The van der Waals surface area contributed by atoms with Gasteiger partial charge in [0.15, 0.2) is 11.7 Å². The van der Waals surface area contributed by atoms with E-state index in [0.717, 1.165) is 11.8 Å². The molecule has 3 atom stereocenters. The van der Waals surface area contributed by atoms with Crippen LogP contribution in [0.2, 0.25) is 0 Å². The van der Waals surface area contributed by atoms with Gasteiger partial charge in [-0.3, -0.25) is 0 Å². The second kappa shape index (κ2) is 4.33. The lowest BCUT2D eigenvalue weighted by Gasteiger charge is -2.27. The molecular formula is C14H22NS+. The van der Waals surface area contributed by atoms with E-state index >= 15 is 0 Å². The van der Waals surface area contributed by atoms with Crippen molar-refractivity contribution in [2.24, 2.45) is 11.8 Å². The Bertz CT molecular complexity index is 416. The second-order valence-electron chi connectivity index (χ2n) is 5.32. The summed E-state index contributed by atoms with van der Waals surface area (Å²) in [5.74, 6) is 1.49. The zero-order valence-corrected chi connectivity index (χ0v) is 11.8. The Morgan fingerprint density at radius 2 is 1.94 bits per heavy atom. The van der Waals surface area contributed by atoms with Crippen molar-refractivity contribution in [3.8, 4) is 0 Å². The first-order chi connectivity index (χ1) is 7.50. The smallest absolute Gasteiger partial charge is 0.186 e. The highest BCUT2D eigenvalue weighted by molar-refractivity contribution is 7.09. The second-order valence-corrected chi connectivity index (χ2v) is 6.38. The number of thiazole rings is 1. The summed E-state index contributed by atoms with van der Waals surface area (Å²) in [5, 5.41) is 0. The van der Waals surface area contributed by atoms with Gasteiger partial charge in [0.25, 0.3) is 0 Å². The molecule has 16 heavy (non-hydrogen) atoms. The Labute approximate surface area is 103 Å². The highest BCUT2D eigenvalue weighted by Gasteiger charge is 2.34. The third-order valence-electron chi connectivity index (χ3n) is 3.84. The van der Waals surface area contributed by atoms with Crippen LogP contribution in [0, 0.1) is 25.7 Å². The van der Waals surface area contributed by atoms with Crippen molar-refractivity contribution < 1.29 is 4.57 Å². The Morgan fingerprint density at radius 1 is 1.25 bits per heavy atom. The van der Waals surface area contributed by atoms with Gasteiger partial charge in [-0.05, 0) is 31.8 Å². The number of aromatic nitrogens is 1. The normalized spacial score (nSPS) is 30.3. The molecule has 88 valence electrons. The first kappa shape index (κ1) is 11.8. The van der Waals surface area contributed by atoms with E-state index < -0.39 is 0 Å². The van der Waals surface area contributed by atoms with E-state index in [1.165, 1.54) is 22.6 Å².